The van der Waals surface area contributed by atoms with Crippen LogP contribution in [0.4, 0.5) is 0 Å². The van der Waals surface area contributed by atoms with Crippen LogP contribution in [0, 0.1) is 0 Å². The van der Waals surface area contributed by atoms with Crippen molar-refractivity contribution < 1.29 is 18.4 Å². The molecule has 0 rings (SSSR count). The van der Waals surface area contributed by atoms with Gasteiger partial charge in [0.1, 0.15) is 0 Å². The van der Waals surface area contributed by atoms with E-state index in [2.05, 4.69) is 0 Å². The van der Waals surface area contributed by atoms with Gasteiger partial charge in [-0.2, -0.15) is 8.42 Å². The summed E-state index contributed by atoms with van der Waals surface area (Å²) in [7, 11) is -3.95. The van der Waals surface area contributed by atoms with E-state index in [1.54, 1.807) is 0 Å². The van der Waals surface area contributed by atoms with Crippen LogP contribution in [0.3, 0.4) is 0 Å². The lowest BCUT2D eigenvalue weighted by Crippen LogP contribution is -1.96. The molecule has 0 radical (unpaired) electrons. The van der Waals surface area contributed by atoms with Crippen molar-refractivity contribution in [1.29, 1.82) is 0 Å². The number of nitrogens with two attached hydrogens (primary N) is 1. The zero-order valence-corrected chi connectivity index (χ0v) is 5.43. The number of hydrogen-bond acceptors (Lipinski definition) is 3. The van der Waals surface area contributed by atoms with Gasteiger partial charge in [-0.15, -0.1) is 0 Å². The first-order valence-corrected chi connectivity index (χ1v) is 3.40. The Labute approximate surface area is 53.2 Å². The molecule has 5 N–H and O–H groups in total. The first-order chi connectivity index (χ1) is 3.56. The highest BCUT2D eigenvalue weighted by Gasteiger charge is 1.91. The van der Waals surface area contributed by atoms with E-state index in [1.807, 2.05) is 0 Å². The normalized spacial score (nSPS) is 11.3. The van der Waals surface area contributed by atoms with E-state index < -0.39 is 10.1 Å². The van der Waals surface area contributed by atoms with E-state index in [0.717, 1.165) is 6.08 Å². The van der Waals surface area contributed by atoms with Gasteiger partial charge in [-0.25, -0.2) is 0 Å². The molecule has 0 aromatic heterocycles. The summed E-state index contributed by atoms with van der Waals surface area (Å²) in [6.45, 7) is 0.111. The molecule has 0 aromatic rings. The van der Waals surface area contributed by atoms with Gasteiger partial charge in [0.25, 0.3) is 10.1 Å². The van der Waals surface area contributed by atoms with Crippen LogP contribution in [0.1, 0.15) is 0 Å². The van der Waals surface area contributed by atoms with Crippen molar-refractivity contribution in [2.75, 3.05) is 6.54 Å². The number of hydrogen-bond donors (Lipinski definition) is 2. The van der Waals surface area contributed by atoms with Crippen molar-refractivity contribution in [2.45, 2.75) is 0 Å². The Kier molecular flexibility index (Phi) is 5.62. The van der Waals surface area contributed by atoms with Gasteiger partial charge in [0.15, 0.2) is 0 Å². The molecule has 9 heavy (non-hydrogen) atoms. The average molecular weight is 155 g/mol. The molecule has 0 aliphatic rings. The molecular weight excluding hydrogens is 146 g/mol. The molecule has 0 spiro atoms. The van der Waals surface area contributed by atoms with Crippen LogP contribution < -0.4 is 5.73 Å². The van der Waals surface area contributed by atoms with E-state index in [1.165, 1.54) is 0 Å². The summed E-state index contributed by atoms with van der Waals surface area (Å²) < 4.78 is 27.6. The molecule has 5 nitrogen and oxygen atoms in total. The molecule has 0 amide bonds. The van der Waals surface area contributed by atoms with Crippen molar-refractivity contribution in [1.82, 2.24) is 0 Å². The second kappa shape index (κ2) is 4.45. The molecule has 0 bridgehead atoms. The van der Waals surface area contributed by atoms with Gasteiger partial charge in [0.2, 0.25) is 0 Å². The molecule has 56 valence electrons. The average Bonchev–Trinajstić information content (AvgIpc) is 1.59. The largest absolute Gasteiger partial charge is 0.412 e. The number of rotatable bonds is 2. The Morgan fingerprint density at radius 1 is 1.56 bits per heavy atom. The highest BCUT2D eigenvalue weighted by Crippen LogP contribution is 1.80. The standard InChI is InChI=1S/C3H7NO3S.H2O/c4-2-1-3-8(5,6)7;/h1,3H,2,4H2,(H,5,6,7);1H2. The third kappa shape index (κ3) is 11.2. The van der Waals surface area contributed by atoms with Crippen LogP contribution in [0.15, 0.2) is 11.5 Å². The van der Waals surface area contributed by atoms with Gasteiger partial charge in [-0.3, -0.25) is 4.55 Å². The maximum atomic E-state index is 9.80. The Morgan fingerprint density at radius 2 is 2.00 bits per heavy atom. The molecule has 0 saturated carbocycles. The molecule has 0 aliphatic heterocycles. The molecule has 6 heteroatoms. The van der Waals surface area contributed by atoms with Gasteiger partial charge < -0.3 is 11.2 Å². The molecular formula is C3H9NO4S. The SMILES string of the molecule is NCC=CS(=O)(=O)O.O. The van der Waals surface area contributed by atoms with Gasteiger partial charge >= 0.3 is 0 Å². The minimum atomic E-state index is -3.95. The van der Waals surface area contributed by atoms with E-state index in [9.17, 15) is 8.42 Å². The van der Waals surface area contributed by atoms with E-state index in [0.29, 0.717) is 5.41 Å². The summed E-state index contributed by atoms with van der Waals surface area (Å²) in [4.78, 5) is 0. The fraction of sp³-hybridized carbons (Fsp3) is 0.333. The third-order valence-corrected chi connectivity index (χ3v) is 0.941. The maximum absolute atomic E-state index is 9.80. The van der Waals surface area contributed by atoms with Crippen LogP contribution in [-0.4, -0.2) is 25.0 Å². The minimum absolute atomic E-state index is 0. The predicted molar refractivity (Wildman–Crippen MR) is 33.4 cm³/mol. The van der Waals surface area contributed by atoms with E-state index >= 15 is 0 Å². The monoisotopic (exact) mass is 155 g/mol. The third-order valence-electron chi connectivity index (χ3n) is 0.404. The van der Waals surface area contributed by atoms with Crippen LogP contribution in [0.2, 0.25) is 0 Å². The quantitative estimate of drug-likeness (QED) is 0.473. The topological polar surface area (TPSA) is 112 Å². The highest BCUT2D eigenvalue weighted by molar-refractivity contribution is 7.88. The minimum Gasteiger partial charge on any atom is -0.412 e. The van der Waals surface area contributed by atoms with Crippen molar-refractivity contribution in [2.24, 2.45) is 5.73 Å². The van der Waals surface area contributed by atoms with Gasteiger partial charge in [-0.05, 0) is 0 Å². The zero-order chi connectivity index (χ0) is 6.62. The summed E-state index contributed by atoms with van der Waals surface area (Å²) in [6, 6.07) is 0. The highest BCUT2D eigenvalue weighted by atomic mass is 32.2. The Hall–Kier alpha value is -0.430. The summed E-state index contributed by atoms with van der Waals surface area (Å²) >= 11 is 0. The summed E-state index contributed by atoms with van der Waals surface area (Å²) in [5.74, 6) is 0. The van der Waals surface area contributed by atoms with Crippen LogP contribution in [0.5, 0.6) is 0 Å². The zero-order valence-electron chi connectivity index (χ0n) is 4.61. The first kappa shape index (κ1) is 11.4. The van der Waals surface area contributed by atoms with Crippen molar-refractivity contribution in [3.63, 3.8) is 0 Å². The summed E-state index contributed by atoms with van der Waals surface area (Å²) in [5, 5.41) is 0.646. The van der Waals surface area contributed by atoms with Crippen LogP contribution in [0.25, 0.3) is 0 Å². The van der Waals surface area contributed by atoms with Crippen molar-refractivity contribution >= 4 is 10.1 Å². The van der Waals surface area contributed by atoms with Crippen LogP contribution in [-0.2, 0) is 10.1 Å². The van der Waals surface area contributed by atoms with E-state index in [4.69, 9.17) is 10.3 Å². The Bertz CT molecular complexity index is 170. The lowest BCUT2D eigenvalue weighted by molar-refractivity contribution is 0.494. The smallest absolute Gasteiger partial charge is 0.287 e. The molecule has 0 saturated heterocycles. The van der Waals surface area contributed by atoms with Crippen molar-refractivity contribution in [3.8, 4) is 0 Å². The van der Waals surface area contributed by atoms with Crippen LogP contribution >= 0.6 is 0 Å². The second-order valence-electron chi connectivity index (χ2n) is 1.12. The molecule has 0 aliphatic carbocycles. The summed E-state index contributed by atoms with van der Waals surface area (Å²) in [5.41, 5.74) is 4.87. The molecule has 0 heterocycles. The fourth-order valence-corrected chi connectivity index (χ4v) is 0.531. The lowest BCUT2D eigenvalue weighted by Gasteiger charge is -1.79. The molecule has 0 fully saturated rings. The Morgan fingerprint density at radius 3 is 2.11 bits per heavy atom. The molecule has 0 atom stereocenters. The lowest BCUT2D eigenvalue weighted by atomic mass is 10.7. The summed E-state index contributed by atoms with van der Waals surface area (Å²) in [6.07, 6.45) is 1.15. The van der Waals surface area contributed by atoms with Gasteiger partial charge in [0, 0.05) is 6.54 Å². The van der Waals surface area contributed by atoms with Crippen molar-refractivity contribution in [3.05, 3.63) is 11.5 Å². The van der Waals surface area contributed by atoms with Gasteiger partial charge in [-0.1, -0.05) is 6.08 Å². The maximum Gasteiger partial charge on any atom is 0.287 e. The van der Waals surface area contributed by atoms with Gasteiger partial charge in [0.05, 0.1) is 5.41 Å². The fourth-order valence-electron chi connectivity index (χ4n) is 0.177. The second-order valence-corrected chi connectivity index (χ2v) is 2.42. The Balaban J connectivity index is 0. The molecule has 0 unspecified atom stereocenters. The molecule has 0 aromatic carbocycles. The first-order valence-electron chi connectivity index (χ1n) is 1.90. The van der Waals surface area contributed by atoms with E-state index in [-0.39, 0.29) is 12.0 Å². The predicted octanol–water partition coefficient (Wildman–Crippen LogP) is -1.48.